The summed E-state index contributed by atoms with van der Waals surface area (Å²) in [5.41, 5.74) is 0.325. The Hall–Kier alpha value is -3.02. The molecule has 2 aromatic rings. The van der Waals surface area contributed by atoms with Gasteiger partial charge in [0.2, 0.25) is 23.1 Å². The van der Waals surface area contributed by atoms with E-state index >= 15 is 0 Å². The number of hydrogen-bond donors (Lipinski definition) is 0. The molecule has 0 aromatic heterocycles. The van der Waals surface area contributed by atoms with Crippen LogP contribution >= 0.6 is 23.2 Å². The Morgan fingerprint density at radius 1 is 0.571 bits per heavy atom. The number of ketones is 4. The van der Waals surface area contributed by atoms with Crippen molar-refractivity contribution in [1.82, 2.24) is 4.90 Å². The molecule has 0 aliphatic heterocycles. The van der Waals surface area contributed by atoms with Gasteiger partial charge in [0.15, 0.2) is 0 Å². The highest BCUT2D eigenvalue weighted by Gasteiger charge is 2.39. The van der Waals surface area contributed by atoms with Crippen LogP contribution in [0, 0.1) is 0 Å². The SMILES string of the molecule is CN(C1=C(Cl)C(=O)c2ccccc2C1=O)C1=C(Cl)C(=O)c2ccccc2C1=O. The first kappa shape index (κ1) is 18.3. The maximum atomic E-state index is 13.0. The highest BCUT2D eigenvalue weighted by molar-refractivity contribution is 6.51. The van der Waals surface area contributed by atoms with Gasteiger partial charge in [-0.05, 0) is 0 Å². The average Bonchev–Trinajstić information content (AvgIpc) is 2.71. The van der Waals surface area contributed by atoms with Gasteiger partial charge in [-0.2, -0.15) is 0 Å². The van der Waals surface area contributed by atoms with Crippen LogP contribution in [-0.4, -0.2) is 35.1 Å². The Morgan fingerprint density at radius 3 is 1.18 bits per heavy atom. The quantitative estimate of drug-likeness (QED) is 0.747. The van der Waals surface area contributed by atoms with Gasteiger partial charge in [0.25, 0.3) is 0 Å². The highest BCUT2D eigenvalue weighted by Crippen LogP contribution is 2.36. The Bertz CT molecular complexity index is 1080. The van der Waals surface area contributed by atoms with Crippen molar-refractivity contribution < 1.29 is 19.2 Å². The van der Waals surface area contributed by atoms with Crippen LogP contribution in [0.15, 0.2) is 70.0 Å². The number of likely N-dealkylation sites (N-methyl/N-ethyl adjacent to an activating group) is 1. The van der Waals surface area contributed by atoms with E-state index in [0.29, 0.717) is 0 Å². The number of hydrogen-bond acceptors (Lipinski definition) is 5. The predicted molar refractivity (Wildman–Crippen MR) is 104 cm³/mol. The van der Waals surface area contributed by atoms with Gasteiger partial charge in [0.05, 0.1) is 0 Å². The summed E-state index contributed by atoms with van der Waals surface area (Å²) in [5, 5.41) is -0.662. The number of fused-ring (bicyclic) bond motifs is 2. The van der Waals surface area contributed by atoms with Crippen molar-refractivity contribution in [2.24, 2.45) is 0 Å². The van der Waals surface area contributed by atoms with Crippen molar-refractivity contribution in [1.29, 1.82) is 0 Å². The first-order valence-corrected chi connectivity index (χ1v) is 9.00. The second-order valence-corrected chi connectivity index (χ2v) is 7.05. The molecular formula is C21H11Cl2NO4. The smallest absolute Gasteiger partial charge is 0.211 e. The van der Waals surface area contributed by atoms with Gasteiger partial charge < -0.3 is 4.90 Å². The fraction of sp³-hybridized carbons (Fsp3) is 0.0476. The highest BCUT2D eigenvalue weighted by atomic mass is 35.5. The van der Waals surface area contributed by atoms with E-state index in [0.717, 1.165) is 4.90 Å². The molecule has 0 bridgehead atoms. The first-order chi connectivity index (χ1) is 13.3. The van der Waals surface area contributed by atoms with Crippen molar-refractivity contribution in [3.63, 3.8) is 0 Å². The molecule has 7 heteroatoms. The second-order valence-electron chi connectivity index (χ2n) is 6.29. The zero-order valence-corrected chi connectivity index (χ0v) is 16.0. The Kier molecular flexibility index (Phi) is 4.29. The van der Waals surface area contributed by atoms with Crippen molar-refractivity contribution in [2.75, 3.05) is 7.05 Å². The lowest BCUT2D eigenvalue weighted by molar-refractivity contribution is 0.0929. The van der Waals surface area contributed by atoms with Crippen molar-refractivity contribution in [3.05, 3.63) is 92.2 Å². The molecule has 138 valence electrons. The summed E-state index contributed by atoms with van der Waals surface area (Å²) < 4.78 is 0. The minimum absolute atomic E-state index is 0.172. The van der Waals surface area contributed by atoms with E-state index in [9.17, 15) is 19.2 Å². The van der Waals surface area contributed by atoms with Crippen LogP contribution in [0.25, 0.3) is 0 Å². The zero-order valence-electron chi connectivity index (χ0n) is 14.5. The lowest BCUT2D eigenvalue weighted by atomic mass is 9.89. The largest absolute Gasteiger partial charge is 0.336 e. The van der Waals surface area contributed by atoms with Gasteiger partial charge in [0, 0.05) is 29.3 Å². The van der Waals surface area contributed by atoms with Crippen LogP contribution in [-0.2, 0) is 0 Å². The van der Waals surface area contributed by atoms with Gasteiger partial charge in [-0.15, -0.1) is 0 Å². The van der Waals surface area contributed by atoms with E-state index in [-0.39, 0.29) is 43.7 Å². The first-order valence-electron chi connectivity index (χ1n) is 8.24. The fourth-order valence-corrected chi connectivity index (χ4v) is 4.00. The molecule has 0 fully saturated rings. The van der Waals surface area contributed by atoms with E-state index in [1.54, 1.807) is 24.3 Å². The van der Waals surface area contributed by atoms with E-state index in [4.69, 9.17) is 23.2 Å². The number of carbonyl (C=O) groups excluding carboxylic acids is 4. The molecule has 5 nitrogen and oxygen atoms in total. The number of rotatable bonds is 2. The van der Waals surface area contributed by atoms with Gasteiger partial charge in [-0.1, -0.05) is 71.7 Å². The molecule has 28 heavy (non-hydrogen) atoms. The van der Waals surface area contributed by atoms with Crippen LogP contribution < -0.4 is 0 Å². The minimum atomic E-state index is -0.537. The third kappa shape index (κ3) is 2.47. The molecule has 2 aliphatic rings. The molecule has 0 spiro atoms. The summed E-state index contributed by atoms with van der Waals surface area (Å²) in [5.74, 6) is -2.13. The Morgan fingerprint density at radius 2 is 0.857 bits per heavy atom. The van der Waals surface area contributed by atoms with Crippen LogP contribution in [0.4, 0.5) is 0 Å². The number of carbonyl (C=O) groups is 4. The molecular weight excluding hydrogens is 401 g/mol. The summed E-state index contributed by atoms with van der Waals surface area (Å²) in [6, 6.07) is 12.5. The summed E-state index contributed by atoms with van der Waals surface area (Å²) in [7, 11) is 1.38. The number of halogens is 2. The molecule has 0 saturated carbocycles. The zero-order chi connectivity index (χ0) is 20.2. The predicted octanol–water partition coefficient (Wildman–Crippen LogP) is 3.98. The Labute approximate surface area is 169 Å². The molecule has 0 atom stereocenters. The average molecular weight is 412 g/mol. The van der Waals surface area contributed by atoms with Crippen LogP contribution in [0.5, 0.6) is 0 Å². The molecule has 2 aliphatic carbocycles. The molecule has 0 saturated heterocycles. The second kappa shape index (κ2) is 6.55. The van der Waals surface area contributed by atoms with Crippen molar-refractivity contribution >= 4 is 46.3 Å². The van der Waals surface area contributed by atoms with Crippen molar-refractivity contribution in [2.45, 2.75) is 0 Å². The summed E-state index contributed by atoms with van der Waals surface area (Å²) >= 11 is 12.4. The topological polar surface area (TPSA) is 71.5 Å². The molecule has 0 heterocycles. The lowest BCUT2D eigenvalue weighted by Crippen LogP contribution is -2.35. The summed E-state index contributed by atoms with van der Waals surface area (Å²) in [6.07, 6.45) is 0. The van der Waals surface area contributed by atoms with Gasteiger partial charge in [-0.25, -0.2) is 0 Å². The van der Waals surface area contributed by atoms with Crippen LogP contribution in [0.1, 0.15) is 41.4 Å². The van der Waals surface area contributed by atoms with Gasteiger partial charge in [0.1, 0.15) is 21.5 Å². The van der Waals surface area contributed by atoms with Gasteiger partial charge >= 0.3 is 0 Å². The molecule has 0 radical (unpaired) electrons. The molecule has 0 N–H and O–H groups in total. The third-order valence-corrected chi connectivity index (χ3v) is 5.45. The van der Waals surface area contributed by atoms with E-state index < -0.39 is 23.1 Å². The standard InChI is InChI=1S/C21H11Cl2NO4/c1-24(16-14(22)18(25)10-6-2-4-8-12(10)20(16)27)17-15(23)19(26)11-7-3-5-9-13(11)21(17)28/h2-9H,1H3. The number of allylic oxidation sites excluding steroid dienone is 4. The molecule has 4 rings (SSSR count). The normalized spacial score (nSPS) is 16.4. The third-order valence-electron chi connectivity index (χ3n) is 4.75. The molecule has 2 aromatic carbocycles. The lowest BCUT2D eigenvalue weighted by Gasteiger charge is -2.30. The maximum Gasteiger partial charge on any atom is 0.211 e. The summed E-state index contributed by atoms with van der Waals surface area (Å²) in [6.45, 7) is 0. The van der Waals surface area contributed by atoms with Crippen molar-refractivity contribution in [3.8, 4) is 0 Å². The summed E-state index contributed by atoms with van der Waals surface area (Å²) in [4.78, 5) is 52.4. The molecule has 0 unspecified atom stereocenters. The van der Waals surface area contributed by atoms with Gasteiger partial charge in [-0.3, -0.25) is 19.2 Å². The molecule has 0 amide bonds. The van der Waals surface area contributed by atoms with Crippen LogP contribution in [0.3, 0.4) is 0 Å². The maximum absolute atomic E-state index is 13.0. The van der Waals surface area contributed by atoms with E-state index in [2.05, 4.69) is 0 Å². The van der Waals surface area contributed by atoms with Crippen LogP contribution in [0.2, 0.25) is 0 Å². The van der Waals surface area contributed by atoms with E-state index in [1.165, 1.54) is 31.3 Å². The minimum Gasteiger partial charge on any atom is -0.336 e. The number of Topliss-reactive ketones (excluding diaryl/α,β-unsaturated/α-hetero) is 4. The fourth-order valence-electron chi connectivity index (χ4n) is 3.38. The monoisotopic (exact) mass is 411 g/mol. The Balaban J connectivity index is 1.87. The number of nitrogens with zero attached hydrogens (tertiary/aromatic N) is 1. The number of benzene rings is 2. The van der Waals surface area contributed by atoms with E-state index in [1.807, 2.05) is 0 Å².